The number of carbonyl (C=O) groups excluding carboxylic acids is 2. The van der Waals surface area contributed by atoms with Gasteiger partial charge < -0.3 is 20.4 Å². The number of carboxylic acids is 1. The summed E-state index contributed by atoms with van der Waals surface area (Å²) in [6.07, 6.45) is 0. The molecule has 1 amide bonds. The van der Waals surface area contributed by atoms with Crippen LogP contribution in [0.25, 0.3) is 0 Å². The van der Waals surface area contributed by atoms with Crippen molar-refractivity contribution in [2.45, 2.75) is 0 Å². The average Bonchev–Trinajstić information content (AvgIpc) is 2.15. The zero-order valence-electron chi connectivity index (χ0n) is 8.23. The minimum Gasteiger partial charge on any atom is -0.546 e. The van der Waals surface area contributed by atoms with Crippen LogP contribution < -0.4 is 34.4 Å². The average molecular weight is 201 g/mol. The Bertz CT molecular complexity index is 367. The van der Waals surface area contributed by atoms with E-state index in [0.29, 0.717) is 0 Å². The summed E-state index contributed by atoms with van der Waals surface area (Å²) in [6.45, 7) is -0.607. The van der Waals surface area contributed by atoms with Gasteiger partial charge in [-0.25, -0.2) is 0 Å². The molecule has 0 atom stereocenters. The number of nitrogens with two attached hydrogens (primary N) is 1. The van der Waals surface area contributed by atoms with Crippen molar-refractivity contribution in [3.05, 3.63) is 29.8 Å². The number of rotatable bonds is 4. The molecule has 0 saturated heterocycles. The molecule has 0 aliphatic carbocycles. The molecule has 1 aromatic carbocycles. The first-order chi connectivity index (χ1) is 6.61. The van der Waals surface area contributed by atoms with Crippen molar-refractivity contribution in [2.24, 2.45) is 5.73 Å². The summed E-state index contributed by atoms with van der Waals surface area (Å²) in [4.78, 5) is 20.9. The van der Waals surface area contributed by atoms with Gasteiger partial charge in [0.1, 0.15) is 12.4 Å². The van der Waals surface area contributed by atoms with Gasteiger partial charge in [0.05, 0.1) is 11.5 Å². The molecule has 1 rings (SSSR count). The molecule has 0 unspecified atom stereocenters. The van der Waals surface area contributed by atoms with Crippen LogP contribution in [0.2, 0.25) is 0 Å². The second-order valence-corrected chi connectivity index (χ2v) is 2.52. The molecule has 15 heavy (non-hydrogen) atoms. The maximum absolute atomic E-state index is 10.8. The van der Waals surface area contributed by atoms with Crippen LogP contribution in [0.15, 0.2) is 24.3 Å². The molecule has 6 heteroatoms. The molecule has 0 spiro atoms. The Morgan fingerprint density at radius 2 is 1.93 bits per heavy atom. The topological polar surface area (TPSA) is 92.5 Å². The fraction of sp³-hybridized carbons (Fsp3) is 0.111. The second-order valence-electron chi connectivity index (χ2n) is 2.52. The van der Waals surface area contributed by atoms with Gasteiger partial charge in [0.15, 0.2) is 0 Å². The molecule has 74 valence electrons. The summed E-state index contributed by atoms with van der Waals surface area (Å²) in [5.74, 6) is -1.88. The van der Waals surface area contributed by atoms with E-state index in [9.17, 15) is 14.7 Å². The molecule has 0 bridgehead atoms. The van der Waals surface area contributed by atoms with Crippen molar-refractivity contribution < 1.29 is 38.3 Å². The van der Waals surface area contributed by atoms with E-state index < -0.39 is 18.5 Å². The van der Waals surface area contributed by atoms with Crippen molar-refractivity contribution in [1.29, 1.82) is 0 Å². The Morgan fingerprint density at radius 1 is 1.33 bits per heavy atom. The molecule has 0 saturated carbocycles. The van der Waals surface area contributed by atoms with Gasteiger partial charge in [0.2, 0.25) is 0 Å². The molecule has 0 fully saturated rings. The maximum atomic E-state index is 10.8. The molecule has 0 aromatic heterocycles. The second kappa shape index (κ2) is 6.12. The normalized spacial score (nSPS) is 8.80. The minimum absolute atomic E-state index is 0. The third-order valence-electron chi connectivity index (χ3n) is 1.50. The van der Waals surface area contributed by atoms with Crippen molar-refractivity contribution in [1.82, 2.24) is 0 Å². The van der Waals surface area contributed by atoms with Gasteiger partial charge in [-0.2, -0.15) is 0 Å². The minimum atomic E-state index is -1.36. The van der Waals surface area contributed by atoms with E-state index in [-0.39, 0.29) is 30.2 Å². The van der Waals surface area contributed by atoms with Crippen molar-refractivity contribution >= 4 is 11.9 Å². The van der Waals surface area contributed by atoms with Crippen LogP contribution in [0, 0.1) is 0 Å². The summed E-state index contributed by atoms with van der Waals surface area (Å²) >= 11 is 0. The number of ether oxygens (including phenoxy) is 1. The number of benzene rings is 1. The molecule has 0 aliphatic rings. The molecular formula is C9H8LiNO4. The van der Waals surface area contributed by atoms with Gasteiger partial charge in [-0.1, -0.05) is 12.1 Å². The fourth-order valence-corrected chi connectivity index (χ4v) is 0.933. The quantitative estimate of drug-likeness (QED) is 0.501. The van der Waals surface area contributed by atoms with Crippen LogP contribution in [0.1, 0.15) is 10.4 Å². The smallest absolute Gasteiger partial charge is 0.546 e. The van der Waals surface area contributed by atoms with Crippen molar-refractivity contribution in [3.8, 4) is 5.75 Å². The summed E-state index contributed by atoms with van der Waals surface area (Å²) < 4.78 is 4.80. The SMILES string of the molecule is NC(=O)c1ccccc1OCC(=O)[O-].[Li+]. The van der Waals surface area contributed by atoms with E-state index in [1.54, 1.807) is 12.1 Å². The van der Waals surface area contributed by atoms with Crippen LogP contribution in [0.5, 0.6) is 5.75 Å². The predicted molar refractivity (Wildman–Crippen MR) is 45.5 cm³/mol. The number of aliphatic carboxylic acids is 1. The Morgan fingerprint density at radius 3 is 2.47 bits per heavy atom. The van der Waals surface area contributed by atoms with Crippen LogP contribution in [-0.4, -0.2) is 18.5 Å². The number of hydrogen-bond donors (Lipinski definition) is 1. The van der Waals surface area contributed by atoms with Crippen LogP contribution in [-0.2, 0) is 4.79 Å². The molecule has 5 nitrogen and oxygen atoms in total. The first-order valence-corrected chi connectivity index (χ1v) is 3.82. The zero-order valence-corrected chi connectivity index (χ0v) is 8.23. The number of carbonyl (C=O) groups is 2. The van der Waals surface area contributed by atoms with Gasteiger partial charge >= 0.3 is 18.9 Å². The third-order valence-corrected chi connectivity index (χ3v) is 1.50. The van der Waals surface area contributed by atoms with Crippen LogP contribution in [0.3, 0.4) is 0 Å². The first-order valence-electron chi connectivity index (χ1n) is 3.82. The molecular weight excluding hydrogens is 193 g/mol. The zero-order chi connectivity index (χ0) is 10.6. The molecule has 0 aliphatic heterocycles. The predicted octanol–water partition coefficient (Wildman–Crippen LogP) is -4.08. The number of para-hydroxylation sites is 1. The Labute approximate surface area is 98.4 Å². The Balaban J connectivity index is 0.00000196. The van der Waals surface area contributed by atoms with Crippen LogP contribution in [0.4, 0.5) is 0 Å². The van der Waals surface area contributed by atoms with Gasteiger partial charge in [-0.3, -0.25) is 4.79 Å². The molecule has 1 aromatic rings. The standard InChI is InChI=1S/C9H9NO4.Li/c10-9(13)6-3-1-2-4-7(6)14-5-8(11)12;/h1-4H,5H2,(H2,10,13)(H,11,12);/q;+1/p-1. The molecule has 2 N–H and O–H groups in total. The van der Waals surface area contributed by atoms with E-state index >= 15 is 0 Å². The van der Waals surface area contributed by atoms with E-state index in [0.717, 1.165) is 0 Å². The molecule has 0 radical (unpaired) electrons. The molecule has 0 heterocycles. The summed E-state index contributed by atoms with van der Waals surface area (Å²) in [5.41, 5.74) is 5.19. The number of primary amides is 1. The number of amides is 1. The van der Waals surface area contributed by atoms with Gasteiger partial charge in [0, 0.05) is 0 Å². The third kappa shape index (κ3) is 4.06. The van der Waals surface area contributed by atoms with Crippen LogP contribution >= 0.6 is 0 Å². The van der Waals surface area contributed by atoms with E-state index in [1.165, 1.54) is 12.1 Å². The summed E-state index contributed by atoms with van der Waals surface area (Å²) in [6, 6.07) is 6.12. The first kappa shape index (κ1) is 13.6. The van der Waals surface area contributed by atoms with Gasteiger partial charge in [-0.05, 0) is 12.1 Å². The van der Waals surface area contributed by atoms with Gasteiger partial charge in [0.25, 0.3) is 5.91 Å². The van der Waals surface area contributed by atoms with E-state index in [2.05, 4.69) is 0 Å². The van der Waals surface area contributed by atoms with Crippen molar-refractivity contribution in [2.75, 3.05) is 6.61 Å². The van der Waals surface area contributed by atoms with Gasteiger partial charge in [-0.15, -0.1) is 0 Å². The van der Waals surface area contributed by atoms with E-state index in [1.807, 2.05) is 0 Å². The summed E-state index contributed by atoms with van der Waals surface area (Å²) in [5, 5.41) is 10.1. The Hall–Kier alpha value is -1.44. The Kier molecular flexibility index (Phi) is 5.53. The fourth-order valence-electron chi connectivity index (χ4n) is 0.933. The number of carboxylic acid groups (broad SMARTS) is 1. The van der Waals surface area contributed by atoms with Crippen molar-refractivity contribution in [3.63, 3.8) is 0 Å². The maximum Gasteiger partial charge on any atom is 1.00 e. The number of hydrogen-bond acceptors (Lipinski definition) is 4. The largest absolute Gasteiger partial charge is 1.00 e. The summed E-state index contributed by atoms with van der Waals surface area (Å²) in [7, 11) is 0. The van der Waals surface area contributed by atoms with E-state index in [4.69, 9.17) is 10.5 Å². The monoisotopic (exact) mass is 201 g/mol.